The third kappa shape index (κ3) is 3.46. The zero-order valence-corrected chi connectivity index (χ0v) is 15.8. The minimum atomic E-state index is -0.243. The average Bonchev–Trinajstić information content (AvgIpc) is 3.23. The number of carbonyl (C=O) groups excluding carboxylic acids is 2. The van der Waals surface area contributed by atoms with Gasteiger partial charge in [0.15, 0.2) is 0 Å². The second-order valence-corrected chi connectivity index (χ2v) is 7.00. The van der Waals surface area contributed by atoms with Gasteiger partial charge in [0.05, 0.1) is 24.8 Å². The van der Waals surface area contributed by atoms with E-state index in [0.29, 0.717) is 25.4 Å². The summed E-state index contributed by atoms with van der Waals surface area (Å²) in [5, 5.41) is 0. The van der Waals surface area contributed by atoms with Crippen LogP contribution in [0.3, 0.4) is 0 Å². The summed E-state index contributed by atoms with van der Waals surface area (Å²) in [6.45, 7) is 1.57. The van der Waals surface area contributed by atoms with Crippen molar-refractivity contribution in [1.82, 2.24) is 15.8 Å². The van der Waals surface area contributed by atoms with Gasteiger partial charge in [-0.25, -0.2) is 5.43 Å². The normalized spacial score (nSPS) is 22.4. The lowest BCUT2D eigenvalue weighted by Crippen LogP contribution is -2.54. The van der Waals surface area contributed by atoms with Gasteiger partial charge in [-0.1, -0.05) is 42.5 Å². The van der Waals surface area contributed by atoms with E-state index in [1.807, 2.05) is 54.6 Å². The van der Waals surface area contributed by atoms with Crippen LogP contribution >= 0.6 is 0 Å². The van der Waals surface area contributed by atoms with Crippen LogP contribution in [0.5, 0.6) is 5.75 Å². The number of hydrogen-bond acceptors (Lipinski definition) is 5. The molecule has 0 aliphatic carbocycles. The van der Waals surface area contributed by atoms with Crippen molar-refractivity contribution in [3.63, 3.8) is 0 Å². The lowest BCUT2D eigenvalue weighted by molar-refractivity contribution is -0.140. The van der Waals surface area contributed by atoms with Crippen molar-refractivity contribution in [3.8, 4) is 5.75 Å². The van der Waals surface area contributed by atoms with Crippen LogP contribution in [0.25, 0.3) is 0 Å². The predicted octanol–water partition coefficient (Wildman–Crippen LogP) is 1.34. The molecule has 2 aromatic carbocycles. The molecule has 2 aliphatic rings. The fourth-order valence-corrected chi connectivity index (χ4v) is 3.91. The molecular weight excluding hydrogens is 356 g/mol. The smallest absolute Gasteiger partial charge is 0.246 e. The number of amides is 2. The first-order valence-electron chi connectivity index (χ1n) is 9.44. The van der Waals surface area contributed by atoms with E-state index in [1.165, 1.54) is 0 Å². The van der Waals surface area contributed by atoms with Crippen molar-refractivity contribution in [3.05, 3.63) is 60.2 Å². The van der Waals surface area contributed by atoms with Crippen molar-refractivity contribution >= 4 is 17.5 Å². The van der Waals surface area contributed by atoms with Crippen LogP contribution in [0.15, 0.2) is 54.6 Å². The maximum atomic E-state index is 13.1. The number of para-hydroxylation sites is 2. The van der Waals surface area contributed by atoms with E-state index in [1.54, 1.807) is 16.9 Å². The van der Waals surface area contributed by atoms with Crippen molar-refractivity contribution in [1.29, 1.82) is 0 Å². The lowest BCUT2D eigenvalue weighted by atomic mass is 9.93. The van der Waals surface area contributed by atoms with Crippen molar-refractivity contribution in [2.75, 3.05) is 38.2 Å². The average molecular weight is 380 g/mol. The number of hydrazine groups is 1. The first-order chi connectivity index (χ1) is 13.7. The zero-order valence-electron chi connectivity index (χ0n) is 15.8. The molecule has 2 amide bonds. The van der Waals surface area contributed by atoms with Gasteiger partial charge < -0.3 is 14.5 Å². The maximum absolute atomic E-state index is 13.1. The Morgan fingerprint density at radius 1 is 1.07 bits per heavy atom. The highest BCUT2D eigenvalue weighted by atomic mass is 16.5. The molecule has 2 heterocycles. The standard InChI is InChI=1S/C21H24N4O3/c1-28-18-10-6-5-9-17(18)25-12-11-24(14-19(25)26)21(27)16-13-22-23-20(16)15-7-3-2-4-8-15/h2-10,16,20,22-23H,11-14H2,1H3. The molecule has 0 bridgehead atoms. The molecule has 0 radical (unpaired) electrons. The van der Waals surface area contributed by atoms with Gasteiger partial charge in [0.25, 0.3) is 0 Å². The molecule has 28 heavy (non-hydrogen) atoms. The largest absolute Gasteiger partial charge is 0.495 e. The molecular formula is C21H24N4O3. The molecule has 7 nitrogen and oxygen atoms in total. The van der Waals surface area contributed by atoms with Gasteiger partial charge in [0, 0.05) is 19.6 Å². The van der Waals surface area contributed by atoms with Gasteiger partial charge in [-0.3, -0.25) is 15.0 Å². The number of carbonyl (C=O) groups is 2. The van der Waals surface area contributed by atoms with E-state index in [-0.39, 0.29) is 30.3 Å². The minimum absolute atomic E-state index is 0.000574. The molecule has 2 unspecified atom stereocenters. The van der Waals surface area contributed by atoms with E-state index >= 15 is 0 Å². The highest BCUT2D eigenvalue weighted by molar-refractivity contribution is 5.99. The number of hydrogen-bond donors (Lipinski definition) is 2. The molecule has 2 N–H and O–H groups in total. The molecule has 2 fully saturated rings. The van der Waals surface area contributed by atoms with Gasteiger partial charge in [0.2, 0.25) is 11.8 Å². The summed E-state index contributed by atoms with van der Waals surface area (Å²) in [5.74, 6) is 0.315. The number of methoxy groups -OCH3 is 1. The third-order valence-electron chi connectivity index (χ3n) is 5.37. The first-order valence-corrected chi connectivity index (χ1v) is 9.44. The van der Waals surface area contributed by atoms with Crippen LogP contribution in [0.4, 0.5) is 5.69 Å². The Balaban J connectivity index is 1.47. The summed E-state index contributed by atoms with van der Waals surface area (Å²) in [7, 11) is 1.59. The molecule has 4 rings (SSSR count). The van der Waals surface area contributed by atoms with Crippen LogP contribution in [0, 0.1) is 5.92 Å². The quantitative estimate of drug-likeness (QED) is 0.837. The predicted molar refractivity (Wildman–Crippen MR) is 106 cm³/mol. The Kier molecular flexibility index (Phi) is 5.27. The Morgan fingerprint density at radius 3 is 2.57 bits per heavy atom. The third-order valence-corrected chi connectivity index (χ3v) is 5.37. The van der Waals surface area contributed by atoms with E-state index in [2.05, 4.69) is 10.9 Å². The molecule has 2 atom stereocenters. The zero-order chi connectivity index (χ0) is 19.5. The number of nitrogens with one attached hydrogen (secondary N) is 2. The number of anilines is 1. The second kappa shape index (κ2) is 8.00. The molecule has 0 saturated carbocycles. The molecule has 2 saturated heterocycles. The Morgan fingerprint density at radius 2 is 1.82 bits per heavy atom. The number of piperazine rings is 1. The van der Waals surface area contributed by atoms with Crippen molar-refractivity contribution in [2.24, 2.45) is 5.92 Å². The molecule has 146 valence electrons. The number of nitrogens with zero attached hydrogens (tertiary/aromatic N) is 2. The topological polar surface area (TPSA) is 73.9 Å². The van der Waals surface area contributed by atoms with Crippen molar-refractivity contribution < 1.29 is 14.3 Å². The summed E-state index contributed by atoms with van der Waals surface area (Å²) in [4.78, 5) is 29.3. The van der Waals surface area contributed by atoms with Crippen LogP contribution in [0.2, 0.25) is 0 Å². The summed E-state index contributed by atoms with van der Waals surface area (Å²) in [5.41, 5.74) is 8.09. The van der Waals surface area contributed by atoms with Gasteiger partial charge in [-0.05, 0) is 17.7 Å². The molecule has 7 heteroatoms. The van der Waals surface area contributed by atoms with Crippen LogP contribution in [-0.2, 0) is 9.59 Å². The van der Waals surface area contributed by atoms with E-state index in [0.717, 1.165) is 11.3 Å². The fourth-order valence-electron chi connectivity index (χ4n) is 3.91. The van der Waals surface area contributed by atoms with Crippen molar-refractivity contribution in [2.45, 2.75) is 6.04 Å². The molecule has 0 spiro atoms. The van der Waals surface area contributed by atoms with Gasteiger partial charge >= 0.3 is 0 Å². The number of ether oxygens (including phenoxy) is 1. The first kappa shape index (κ1) is 18.5. The van der Waals surface area contributed by atoms with Crippen LogP contribution in [0.1, 0.15) is 11.6 Å². The SMILES string of the molecule is COc1ccccc1N1CCN(C(=O)C2CNNC2c2ccccc2)CC1=O. The summed E-state index contributed by atoms with van der Waals surface area (Å²) >= 11 is 0. The highest BCUT2D eigenvalue weighted by Gasteiger charge is 2.39. The second-order valence-electron chi connectivity index (χ2n) is 7.00. The van der Waals surface area contributed by atoms with Gasteiger partial charge in [0.1, 0.15) is 12.3 Å². The minimum Gasteiger partial charge on any atom is -0.495 e. The van der Waals surface area contributed by atoms with E-state index in [9.17, 15) is 9.59 Å². The lowest BCUT2D eigenvalue weighted by Gasteiger charge is -2.36. The van der Waals surface area contributed by atoms with E-state index in [4.69, 9.17) is 4.74 Å². The van der Waals surface area contributed by atoms with Crippen LogP contribution < -0.4 is 20.5 Å². The fraction of sp³-hybridized carbons (Fsp3) is 0.333. The molecule has 2 aliphatic heterocycles. The van der Waals surface area contributed by atoms with Gasteiger partial charge in [-0.15, -0.1) is 0 Å². The Labute approximate surface area is 164 Å². The van der Waals surface area contributed by atoms with Crippen LogP contribution in [-0.4, -0.2) is 50.0 Å². The highest BCUT2D eigenvalue weighted by Crippen LogP contribution is 2.30. The monoisotopic (exact) mass is 380 g/mol. The summed E-state index contributed by atoms with van der Waals surface area (Å²) < 4.78 is 5.37. The van der Waals surface area contributed by atoms with Gasteiger partial charge in [-0.2, -0.15) is 0 Å². The Hall–Kier alpha value is -2.90. The number of benzene rings is 2. The maximum Gasteiger partial charge on any atom is 0.246 e. The summed E-state index contributed by atoms with van der Waals surface area (Å²) in [6, 6.07) is 17.3. The Bertz CT molecular complexity index is 858. The molecule has 0 aromatic heterocycles. The number of rotatable bonds is 4. The summed E-state index contributed by atoms with van der Waals surface area (Å²) in [6.07, 6.45) is 0. The molecule has 2 aromatic rings. The van der Waals surface area contributed by atoms with E-state index < -0.39 is 0 Å².